The largest absolute Gasteiger partial charge is 0.444 e. The van der Waals surface area contributed by atoms with E-state index in [2.05, 4.69) is 36.9 Å². The van der Waals surface area contributed by atoms with E-state index < -0.39 is 5.60 Å². The van der Waals surface area contributed by atoms with Gasteiger partial charge >= 0.3 is 6.09 Å². The first-order chi connectivity index (χ1) is 14.3. The second-order valence-electron chi connectivity index (χ2n) is 8.37. The number of hydrogen-bond donors (Lipinski definition) is 3. The van der Waals surface area contributed by atoms with E-state index in [9.17, 15) is 4.79 Å². The molecule has 3 N–H and O–H groups in total. The molecule has 9 heteroatoms. The Bertz CT molecular complexity index is 858. The Hall–Kier alpha value is -3.10. The summed E-state index contributed by atoms with van der Waals surface area (Å²) < 4.78 is 5.51. The highest BCUT2D eigenvalue weighted by molar-refractivity contribution is 5.80. The zero-order valence-corrected chi connectivity index (χ0v) is 18.1. The van der Waals surface area contributed by atoms with E-state index in [0.29, 0.717) is 25.6 Å². The Morgan fingerprint density at radius 3 is 2.93 bits per heavy atom. The van der Waals surface area contributed by atoms with Crippen molar-refractivity contribution in [1.29, 1.82) is 0 Å². The topological polar surface area (TPSA) is 108 Å². The van der Waals surface area contributed by atoms with Gasteiger partial charge in [0, 0.05) is 38.3 Å². The van der Waals surface area contributed by atoms with Gasteiger partial charge in [0.1, 0.15) is 11.9 Å². The summed E-state index contributed by atoms with van der Waals surface area (Å²) in [5, 5.41) is 13.6. The predicted octanol–water partition coefficient (Wildman–Crippen LogP) is 2.54. The maximum atomic E-state index is 12.4. The lowest BCUT2D eigenvalue weighted by Gasteiger charge is -2.35. The smallest absolute Gasteiger partial charge is 0.410 e. The maximum absolute atomic E-state index is 12.4. The summed E-state index contributed by atoms with van der Waals surface area (Å²) in [5.74, 6) is 1.44. The number of ether oxygens (including phenoxy) is 1. The third-order valence-electron chi connectivity index (χ3n) is 4.71. The number of amides is 1. The van der Waals surface area contributed by atoms with Crippen molar-refractivity contribution in [2.45, 2.75) is 51.8 Å². The van der Waals surface area contributed by atoms with E-state index in [0.717, 1.165) is 29.8 Å². The summed E-state index contributed by atoms with van der Waals surface area (Å²) in [7, 11) is 1.74. The van der Waals surface area contributed by atoms with Crippen LogP contribution in [0.1, 0.15) is 39.2 Å². The van der Waals surface area contributed by atoms with Crippen LogP contribution in [0.4, 0.5) is 4.79 Å². The molecule has 2 aromatic rings. The Labute approximate surface area is 177 Å². The molecule has 0 aliphatic carbocycles. The maximum Gasteiger partial charge on any atom is 0.410 e. The molecule has 1 aliphatic heterocycles. The van der Waals surface area contributed by atoms with Gasteiger partial charge in [-0.1, -0.05) is 18.2 Å². The van der Waals surface area contributed by atoms with Crippen LogP contribution in [0.3, 0.4) is 0 Å². The number of H-pyrrole nitrogens is 1. The number of aromatic nitrogens is 3. The number of nitrogens with one attached hydrogen (secondary N) is 3. The van der Waals surface area contributed by atoms with E-state index >= 15 is 0 Å². The van der Waals surface area contributed by atoms with Gasteiger partial charge in [-0.2, -0.15) is 5.10 Å². The van der Waals surface area contributed by atoms with E-state index in [1.165, 1.54) is 6.33 Å². The van der Waals surface area contributed by atoms with Gasteiger partial charge in [-0.05, 0) is 45.2 Å². The average Bonchev–Trinajstić information content (AvgIpc) is 3.25. The molecule has 1 aliphatic rings. The zero-order valence-electron chi connectivity index (χ0n) is 18.1. The molecule has 30 heavy (non-hydrogen) atoms. The number of carbonyl (C=O) groups excluding carboxylic acids is 1. The third kappa shape index (κ3) is 6.20. The minimum Gasteiger partial charge on any atom is -0.444 e. The van der Waals surface area contributed by atoms with Gasteiger partial charge < -0.3 is 20.3 Å². The number of aliphatic imine (C=N–C) groups is 1. The van der Waals surface area contributed by atoms with Crippen LogP contribution in [-0.2, 0) is 11.3 Å². The standard InChI is InChI=1S/C21H31N7O2/c1-21(2,3)30-20(29)28-10-6-9-17(13-28)26-19(22-4)23-12-15-7-5-8-16(11-15)18-24-14-25-27-18/h5,7-8,11,14,17H,6,9-10,12-13H2,1-4H3,(H2,22,23,26)(H,24,25,27). The first-order valence-electron chi connectivity index (χ1n) is 10.2. The lowest BCUT2D eigenvalue weighted by molar-refractivity contribution is 0.0193. The van der Waals surface area contributed by atoms with Crippen molar-refractivity contribution in [3.8, 4) is 11.4 Å². The van der Waals surface area contributed by atoms with Crippen LogP contribution in [0.2, 0.25) is 0 Å². The number of benzene rings is 1. The molecular formula is C21H31N7O2. The predicted molar refractivity (Wildman–Crippen MR) is 116 cm³/mol. The number of nitrogens with zero attached hydrogens (tertiary/aromatic N) is 4. The van der Waals surface area contributed by atoms with Crippen LogP contribution in [0.15, 0.2) is 35.6 Å². The number of carbonyl (C=O) groups is 1. The quantitative estimate of drug-likeness (QED) is 0.525. The highest BCUT2D eigenvalue weighted by Gasteiger charge is 2.28. The van der Waals surface area contributed by atoms with Crippen LogP contribution in [0.25, 0.3) is 11.4 Å². The van der Waals surface area contributed by atoms with Gasteiger partial charge in [-0.25, -0.2) is 9.78 Å². The Kier molecular flexibility index (Phi) is 6.91. The van der Waals surface area contributed by atoms with Gasteiger partial charge in [0.15, 0.2) is 11.8 Å². The summed E-state index contributed by atoms with van der Waals surface area (Å²) in [4.78, 5) is 22.7. The summed E-state index contributed by atoms with van der Waals surface area (Å²) in [6.07, 6.45) is 3.13. The van der Waals surface area contributed by atoms with Crippen LogP contribution in [0.5, 0.6) is 0 Å². The molecule has 9 nitrogen and oxygen atoms in total. The van der Waals surface area contributed by atoms with Gasteiger partial charge in [0.05, 0.1) is 0 Å². The fourth-order valence-corrected chi connectivity index (χ4v) is 3.33. The number of hydrogen-bond acceptors (Lipinski definition) is 5. The molecular weight excluding hydrogens is 382 g/mol. The second kappa shape index (κ2) is 9.60. The molecule has 0 saturated carbocycles. The molecule has 0 spiro atoms. The number of piperidine rings is 1. The van der Waals surface area contributed by atoms with Crippen molar-refractivity contribution in [3.63, 3.8) is 0 Å². The summed E-state index contributed by atoms with van der Waals surface area (Å²) in [6, 6.07) is 8.21. The molecule has 0 radical (unpaired) electrons. The van der Waals surface area contributed by atoms with Crippen LogP contribution in [0, 0.1) is 0 Å². The molecule has 3 rings (SSSR count). The Balaban J connectivity index is 1.53. The fourth-order valence-electron chi connectivity index (χ4n) is 3.33. The second-order valence-corrected chi connectivity index (χ2v) is 8.37. The highest BCUT2D eigenvalue weighted by atomic mass is 16.6. The summed E-state index contributed by atoms with van der Waals surface area (Å²) >= 11 is 0. The molecule has 0 bridgehead atoms. The van der Waals surface area contributed by atoms with E-state index in [-0.39, 0.29) is 12.1 Å². The van der Waals surface area contributed by atoms with Crippen molar-refractivity contribution in [2.24, 2.45) is 4.99 Å². The summed E-state index contributed by atoms with van der Waals surface area (Å²) in [6.45, 7) is 7.57. The van der Waals surface area contributed by atoms with Crippen LogP contribution >= 0.6 is 0 Å². The third-order valence-corrected chi connectivity index (χ3v) is 4.71. The molecule has 1 atom stereocenters. The fraction of sp³-hybridized carbons (Fsp3) is 0.524. The molecule has 1 aromatic heterocycles. The van der Waals surface area contributed by atoms with Crippen LogP contribution in [-0.4, -0.2) is 63.9 Å². The van der Waals surface area contributed by atoms with Crippen molar-refractivity contribution < 1.29 is 9.53 Å². The van der Waals surface area contributed by atoms with Crippen molar-refractivity contribution >= 4 is 12.1 Å². The molecule has 1 fully saturated rings. The number of likely N-dealkylation sites (tertiary alicyclic amines) is 1. The van der Waals surface area contributed by atoms with Gasteiger partial charge in [-0.15, -0.1) is 0 Å². The van der Waals surface area contributed by atoms with E-state index in [4.69, 9.17) is 4.74 Å². The van der Waals surface area contributed by atoms with Crippen LogP contribution < -0.4 is 10.6 Å². The van der Waals surface area contributed by atoms with Gasteiger partial charge in [0.25, 0.3) is 0 Å². The molecule has 2 heterocycles. The highest BCUT2D eigenvalue weighted by Crippen LogP contribution is 2.16. The molecule has 1 amide bonds. The number of aromatic amines is 1. The minimum absolute atomic E-state index is 0.123. The Morgan fingerprint density at radius 2 is 2.23 bits per heavy atom. The van der Waals surface area contributed by atoms with Gasteiger partial charge in [0.2, 0.25) is 0 Å². The van der Waals surface area contributed by atoms with Gasteiger partial charge in [-0.3, -0.25) is 10.1 Å². The van der Waals surface area contributed by atoms with E-state index in [1.54, 1.807) is 11.9 Å². The Morgan fingerprint density at radius 1 is 1.40 bits per heavy atom. The SMILES string of the molecule is CN=C(NCc1cccc(-c2ncn[nH]2)c1)NC1CCCN(C(=O)OC(C)(C)C)C1. The zero-order chi connectivity index (χ0) is 21.6. The molecule has 1 aromatic carbocycles. The van der Waals surface area contributed by atoms with E-state index in [1.807, 2.05) is 39.0 Å². The van der Waals surface area contributed by atoms with Crippen molar-refractivity contribution in [3.05, 3.63) is 36.2 Å². The summed E-state index contributed by atoms with van der Waals surface area (Å²) in [5.41, 5.74) is 1.59. The molecule has 1 unspecified atom stereocenters. The lowest BCUT2D eigenvalue weighted by atomic mass is 10.1. The van der Waals surface area contributed by atoms with Crippen molar-refractivity contribution in [1.82, 2.24) is 30.7 Å². The monoisotopic (exact) mass is 413 g/mol. The lowest BCUT2D eigenvalue weighted by Crippen LogP contribution is -2.53. The first-order valence-corrected chi connectivity index (χ1v) is 10.2. The number of rotatable bonds is 4. The minimum atomic E-state index is -0.491. The first kappa shape index (κ1) is 21.6. The molecule has 162 valence electrons. The van der Waals surface area contributed by atoms with Crippen molar-refractivity contribution in [2.75, 3.05) is 20.1 Å². The number of guanidine groups is 1. The normalized spacial score (nSPS) is 17.5. The molecule has 1 saturated heterocycles. The average molecular weight is 414 g/mol.